The van der Waals surface area contributed by atoms with E-state index >= 15 is 0 Å². The Hall–Kier alpha value is -1.66. The smallest absolute Gasteiger partial charge is 0.267 e. The topological polar surface area (TPSA) is 55.2 Å². The number of hydrogen-bond acceptors (Lipinski definition) is 4. The van der Waals surface area contributed by atoms with Crippen molar-refractivity contribution in [2.24, 2.45) is 0 Å². The maximum atomic E-state index is 12.7. The number of amides is 1. The number of likely N-dealkylation sites (tertiary alicyclic amines) is 1. The number of aryl methyl sites for hydroxylation is 2. The molecule has 0 radical (unpaired) electrons. The lowest BCUT2D eigenvalue weighted by atomic mass is 10.2. The summed E-state index contributed by atoms with van der Waals surface area (Å²) < 4.78 is 2.16. The summed E-state index contributed by atoms with van der Waals surface area (Å²) in [4.78, 5) is 27.5. The predicted molar refractivity (Wildman–Crippen MR) is 93.9 cm³/mol. The average molecular weight is 364 g/mol. The van der Waals surface area contributed by atoms with Gasteiger partial charge in [-0.3, -0.25) is 9.59 Å². The molecule has 0 saturated carbocycles. The normalized spacial score (nSPS) is 19.7. The van der Waals surface area contributed by atoms with Gasteiger partial charge in [-0.2, -0.15) is 5.10 Å². The maximum Gasteiger partial charge on any atom is 0.267 e. The van der Waals surface area contributed by atoms with Crippen LogP contribution in [0.4, 0.5) is 0 Å². The van der Waals surface area contributed by atoms with E-state index in [0.29, 0.717) is 15.8 Å². The fourth-order valence-corrected chi connectivity index (χ4v) is 4.63. The number of carbonyl (C=O) groups excluding carboxylic acids is 1. The number of thiophene rings is 1. The largest absolute Gasteiger partial charge is 0.333 e. The van der Waals surface area contributed by atoms with Gasteiger partial charge in [0.05, 0.1) is 27.5 Å². The highest BCUT2D eigenvalue weighted by Crippen LogP contribution is 2.27. The number of rotatable bonds is 3. The molecule has 1 amide bonds. The standard InChI is InChI=1S/C17H18ClN3O2S/c18-15-7-6-14(24-15)17(23)20-8-2-4-12(20)10-21-16(22)9-11-3-1-5-13(11)19-21/h6-7,9,12H,1-5,8,10H2. The van der Waals surface area contributed by atoms with Crippen LogP contribution in [-0.4, -0.2) is 33.2 Å². The van der Waals surface area contributed by atoms with Gasteiger partial charge in [0.25, 0.3) is 11.5 Å². The Morgan fingerprint density at radius 3 is 3.00 bits per heavy atom. The molecule has 2 aliphatic rings. The lowest BCUT2D eigenvalue weighted by Gasteiger charge is -2.24. The summed E-state index contributed by atoms with van der Waals surface area (Å²) in [7, 11) is 0. The quantitative estimate of drug-likeness (QED) is 0.842. The second-order valence-corrected chi connectivity index (χ2v) is 8.10. The van der Waals surface area contributed by atoms with E-state index in [-0.39, 0.29) is 17.5 Å². The molecule has 3 heterocycles. The van der Waals surface area contributed by atoms with Crippen LogP contribution in [0.2, 0.25) is 4.34 Å². The third-order valence-corrected chi connectivity index (χ3v) is 6.05. The molecular formula is C17H18ClN3O2S. The summed E-state index contributed by atoms with van der Waals surface area (Å²) in [6.45, 7) is 1.19. The molecule has 4 rings (SSSR count). The van der Waals surface area contributed by atoms with E-state index in [1.54, 1.807) is 22.9 Å². The van der Waals surface area contributed by atoms with Crippen molar-refractivity contribution in [3.05, 3.63) is 49.0 Å². The Morgan fingerprint density at radius 2 is 2.21 bits per heavy atom. The van der Waals surface area contributed by atoms with Crippen LogP contribution in [-0.2, 0) is 19.4 Å². The van der Waals surface area contributed by atoms with Gasteiger partial charge >= 0.3 is 0 Å². The van der Waals surface area contributed by atoms with Gasteiger partial charge in [0, 0.05) is 12.6 Å². The summed E-state index contributed by atoms with van der Waals surface area (Å²) in [5.41, 5.74) is 2.06. The van der Waals surface area contributed by atoms with Crippen molar-refractivity contribution < 1.29 is 4.79 Å². The first-order valence-corrected chi connectivity index (χ1v) is 9.47. The van der Waals surface area contributed by atoms with Crippen LogP contribution in [0.3, 0.4) is 0 Å². The molecule has 0 aromatic carbocycles. The molecule has 0 bridgehead atoms. The highest BCUT2D eigenvalue weighted by Gasteiger charge is 2.31. The maximum absolute atomic E-state index is 12.7. The minimum Gasteiger partial charge on any atom is -0.333 e. The Bertz CT molecular complexity index is 845. The van der Waals surface area contributed by atoms with E-state index in [1.165, 1.54) is 11.3 Å². The average Bonchev–Trinajstić information content (AvgIpc) is 3.28. The molecule has 1 atom stereocenters. The van der Waals surface area contributed by atoms with Crippen molar-refractivity contribution in [1.82, 2.24) is 14.7 Å². The van der Waals surface area contributed by atoms with Crippen LogP contribution < -0.4 is 5.56 Å². The molecule has 126 valence electrons. The second kappa shape index (κ2) is 6.33. The molecule has 5 nitrogen and oxygen atoms in total. The monoisotopic (exact) mass is 363 g/mol. The summed E-state index contributed by atoms with van der Waals surface area (Å²) in [5, 5.41) is 4.53. The van der Waals surface area contributed by atoms with Crippen LogP contribution in [0.25, 0.3) is 0 Å². The first-order chi connectivity index (χ1) is 11.6. The van der Waals surface area contributed by atoms with Gasteiger partial charge in [-0.05, 0) is 49.8 Å². The van der Waals surface area contributed by atoms with Gasteiger partial charge in [0.2, 0.25) is 0 Å². The Balaban J connectivity index is 1.56. The van der Waals surface area contributed by atoms with Gasteiger partial charge in [-0.25, -0.2) is 4.68 Å². The van der Waals surface area contributed by atoms with Crippen LogP contribution in [0.5, 0.6) is 0 Å². The van der Waals surface area contributed by atoms with Gasteiger partial charge < -0.3 is 4.90 Å². The molecule has 0 N–H and O–H groups in total. The molecule has 1 aliphatic heterocycles. The van der Waals surface area contributed by atoms with Gasteiger partial charge in [-0.1, -0.05) is 11.6 Å². The fraction of sp³-hybridized carbons (Fsp3) is 0.471. The molecule has 1 unspecified atom stereocenters. The Morgan fingerprint density at radius 1 is 1.33 bits per heavy atom. The number of carbonyl (C=O) groups is 1. The highest BCUT2D eigenvalue weighted by molar-refractivity contribution is 7.17. The number of nitrogens with zero attached hydrogens (tertiary/aromatic N) is 3. The van der Waals surface area contributed by atoms with Crippen molar-refractivity contribution in [2.75, 3.05) is 6.54 Å². The van der Waals surface area contributed by atoms with Crippen molar-refractivity contribution in [1.29, 1.82) is 0 Å². The highest BCUT2D eigenvalue weighted by atomic mass is 35.5. The van der Waals surface area contributed by atoms with Crippen LogP contribution in [0.15, 0.2) is 23.0 Å². The zero-order valence-electron chi connectivity index (χ0n) is 13.2. The lowest BCUT2D eigenvalue weighted by molar-refractivity contribution is 0.0725. The minimum atomic E-state index is -0.0610. The van der Waals surface area contributed by atoms with E-state index in [1.807, 2.05) is 4.90 Å². The summed E-state index contributed by atoms with van der Waals surface area (Å²) in [6, 6.07) is 5.25. The zero-order valence-corrected chi connectivity index (χ0v) is 14.8. The summed E-state index contributed by atoms with van der Waals surface area (Å²) >= 11 is 7.25. The number of fused-ring (bicyclic) bond motifs is 1. The summed E-state index contributed by atoms with van der Waals surface area (Å²) in [5.74, 6) is 0.00334. The van der Waals surface area contributed by atoms with Crippen LogP contribution in [0.1, 0.15) is 40.2 Å². The van der Waals surface area contributed by atoms with Crippen LogP contribution in [0, 0.1) is 0 Å². The molecule has 1 aliphatic carbocycles. The molecule has 2 aromatic heterocycles. The van der Waals surface area contributed by atoms with Crippen molar-refractivity contribution in [2.45, 2.75) is 44.7 Å². The molecule has 1 fully saturated rings. The first-order valence-electron chi connectivity index (χ1n) is 8.28. The lowest BCUT2D eigenvalue weighted by Crippen LogP contribution is -2.40. The van der Waals surface area contributed by atoms with E-state index in [2.05, 4.69) is 5.10 Å². The third-order valence-electron chi connectivity index (χ3n) is 4.83. The number of halogens is 1. The molecule has 0 spiro atoms. The SMILES string of the molecule is O=C(c1ccc(Cl)s1)N1CCCC1Cn1nc2c(cc1=O)CCC2. The molecule has 2 aromatic rings. The Kier molecular flexibility index (Phi) is 4.18. The molecule has 1 saturated heterocycles. The number of hydrogen-bond donors (Lipinski definition) is 0. The van der Waals surface area contributed by atoms with E-state index < -0.39 is 0 Å². The van der Waals surface area contributed by atoms with E-state index in [4.69, 9.17) is 11.6 Å². The van der Waals surface area contributed by atoms with Gasteiger partial charge in [0.1, 0.15) is 0 Å². The Labute approximate surface area is 148 Å². The van der Waals surface area contributed by atoms with Crippen LogP contribution >= 0.6 is 22.9 Å². The summed E-state index contributed by atoms with van der Waals surface area (Å²) in [6.07, 6.45) is 4.81. The van der Waals surface area contributed by atoms with Gasteiger partial charge in [0.15, 0.2) is 0 Å². The minimum absolute atomic E-state index is 0.00334. The first kappa shape index (κ1) is 15.8. The molecular weight excluding hydrogens is 346 g/mol. The fourth-order valence-electron chi connectivity index (χ4n) is 3.63. The van der Waals surface area contributed by atoms with Crippen molar-refractivity contribution in [3.8, 4) is 0 Å². The zero-order chi connectivity index (χ0) is 16.7. The van der Waals surface area contributed by atoms with Crippen molar-refractivity contribution >= 4 is 28.8 Å². The van der Waals surface area contributed by atoms with Crippen molar-refractivity contribution in [3.63, 3.8) is 0 Å². The molecule has 24 heavy (non-hydrogen) atoms. The second-order valence-electron chi connectivity index (χ2n) is 6.39. The third kappa shape index (κ3) is 2.89. The number of aromatic nitrogens is 2. The van der Waals surface area contributed by atoms with E-state index in [9.17, 15) is 9.59 Å². The van der Waals surface area contributed by atoms with Gasteiger partial charge in [-0.15, -0.1) is 11.3 Å². The predicted octanol–water partition coefficient (Wildman–Crippen LogP) is 2.75. The molecule has 7 heteroatoms. The van der Waals surface area contributed by atoms with E-state index in [0.717, 1.165) is 49.9 Å².